The second-order valence-corrected chi connectivity index (χ2v) is 5.75. The summed E-state index contributed by atoms with van der Waals surface area (Å²) in [6.45, 7) is 0. The number of fused-ring (bicyclic) bond motifs is 1. The van der Waals surface area contributed by atoms with E-state index >= 15 is 0 Å². The lowest BCUT2D eigenvalue weighted by Gasteiger charge is -2.04. The maximum absolute atomic E-state index is 12.5. The lowest BCUT2D eigenvalue weighted by atomic mass is 10.2. The van der Waals surface area contributed by atoms with Crippen molar-refractivity contribution in [2.24, 2.45) is 0 Å². The number of H-pyrrole nitrogens is 1. The lowest BCUT2D eigenvalue weighted by molar-refractivity contribution is 0.102. The molecule has 2 aromatic carbocycles. The predicted molar refractivity (Wildman–Crippen MR) is 100 cm³/mol. The first-order valence-corrected chi connectivity index (χ1v) is 8.08. The largest absolute Gasteiger partial charge is 0.497 e. The summed E-state index contributed by atoms with van der Waals surface area (Å²) in [5.74, 6) is 1.09. The molecule has 0 spiro atoms. The predicted octanol–water partition coefficient (Wildman–Crippen LogP) is 3.89. The number of nitrogens with one attached hydrogen (secondary N) is 2. The van der Waals surface area contributed by atoms with Gasteiger partial charge >= 0.3 is 0 Å². The highest BCUT2D eigenvalue weighted by Gasteiger charge is 2.11. The summed E-state index contributed by atoms with van der Waals surface area (Å²) >= 11 is 0. The quantitative estimate of drug-likeness (QED) is 0.589. The summed E-state index contributed by atoms with van der Waals surface area (Å²) in [7, 11) is 1.61. The third kappa shape index (κ3) is 3.12. The molecule has 0 aliphatic carbocycles. The molecule has 6 heteroatoms. The Morgan fingerprint density at radius 1 is 1.04 bits per heavy atom. The van der Waals surface area contributed by atoms with Crippen LogP contribution in [0.5, 0.6) is 5.75 Å². The molecule has 4 aromatic rings. The molecule has 0 aliphatic heterocycles. The first-order chi connectivity index (χ1) is 12.7. The molecule has 0 fully saturated rings. The molecule has 0 unspecified atom stereocenters. The maximum Gasteiger partial charge on any atom is 0.272 e. The third-order valence-electron chi connectivity index (χ3n) is 4.02. The van der Waals surface area contributed by atoms with Crippen molar-refractivity contribution in [2.75, 3.05) is 12.4 Å². The second-order valence-electron chi connectivity index (χ2n) is 5.75. The maximum atomic E-state index is 12.5. The molecule has 0 aliphatic rings. The molecular weight excluding hydrogens is 328 g/mol. The van der Waals surface area contributed by atoms with E-state index in [4.69, 9.17) is 4.74 Å². The fraction of sp³-hybridized carbons (Fsp3) is 0.0500. The van der Waals surface area contributed by atoms with Crippen LogP contribution in [0.2, 0.25) is 0 Å². The third-order valence-corrected chi connectivity index (χ3v) is 4.02. The van der Waals surface area contributed by atoms with E-state index in [0.717, 1.165) is 22.2 Å². The molecule has 2 aromatic heterocycles. The van der Waals surface area contributed by atoms with Gasteiger partial charge in [-0.3, -0.25) is 4.79 Å². The Morgan fingerprint density at radius 2 is 1.81 bits per heavy atom. The number of carbonyl (C=O) groups excluding carboxylic acids is 1. The molecule has 26 heavy (non-hydrogen) atoms. The van der Waals surface area contributed by atoms with Gasteiger partial charge in [0.1, 0.15) is 11.4 Å². The number of ether oxygens (including phenoxy) is 1. The molecule has 0 saturated carbocycles. The van der Waals surface area contributed by atoms with Gasteiger partial charge in [0, 0.05) is 22.5 Å². The van der Waals surface area contributed by atoms with E-state index < -0.39 is 0 Å². The van der Waals surface area contributed by atoms with Crippen LogP contribution in [-0.4, -0.2) is 28.0 Å². The standard InChI is InChI=1S/C20H16N4O2/c1-26-16-8-7-14-9-18(24-17(14)10-16)20(25)23-15-11-21-19(22-12-15)13-5-3-2-4-6-13/h2-12,24H,1H3,(H,23,25). The topological polar surface area (TPSA) is 79.9 Å². The monoisotopic (exact) mass is 344 g/mol. The first kappa shape index (κ1) is 15.8. The number of methoxy groups -OCH3 is 1. The van der Waals surface area contributed by atoms with Gasteiger partial charge in [0.15, 0.2) is 5.82 Å². The van der Waals surface area contributed by atoms with Crippen molar-refractivity contribution in [3.8, 4) is 17.1 Å². The van der Waals surface area contributed by atoms with Crippen LogP contribution >= 0.6 is 0 Å². The van der Waals surface area contributed by atoms with Gasteiger partial charge < -0.3 is 15.0 Å². The minimum absolute atomic E-state index is 0.253. The van der Waals surface area contributed by atoms with E-state index in [1.54, 1.807) is 25.6 Å². The normalized spacial score (nSPS) is 10.7. The number of nitrogens with zero attached hydrogens (tertiary/aromatic N) is 2. The van der Waals surface area contributed by atoms with E-state index in [-0.39, 0.29) is 5.91 Å². The number of aromatic amines is 1. The SMILES string of the molecule is COc1ccc2cc(C(=O)Nc3cnc(-c4ccccc4)nc3)[nH]c2c1. The van der Waals surface area contributed by atoms with Gasteiger partial charge in [0.05, 0.1) is 25.2 Å². The fourth-order valence-corrected chi connectivity index (χ4v) is 2.68. The van der Waals surface area contributed by atoms with E-state index in [2.05, 4.69) is 20.3 Å². The Bertz CT molecular complexity index is 1060. The average molecular weight is 344 g/mol. The van der Waals surface area contributed by atoms with Gasteiger partial charge in [-0.25, -0.2) is 9.97 Å². The van der Waals surface area contributed by atoms with Crippen LogP contribution in [0.4, 0.5) is 5.69 Å². The van der Waals surface area contributed by atoms with Crippen LogP contribution < -0.4 is 10.1 Å². The van der Waals surface area contributed by atoms with Gasteiger partial charge in [0.25, 0.3) is 5.91 Å². The van der Waals surface area contributed by atoms with Crippen LogP contribution in [0.3, 0.4) is 0 Å². The Labute approximate surface area is 149 Å². The summed E-state index contributed by atoms with van der Waals surface area (Å²) in [6, 6.07) is 17.1. The first-order valence-electron chi connectivity index (χ1n) is 8.08. The van der Waals surface area contributed by atoms with Crippen LogP contribution in [-0.2, 0) is 0 Å². The second kappa shape index (κ2) is 6.68. The molecule has 0 saturated heterocycles. The van der Waals surface area contributed by atoms with E-state index in [1.807, 2.05) is 48.5 Å². The highest BCUT2D eigenvalue weighted by molar-refractivity contribution is 6.05. The molecule has 2 heterocycles. The Kier molecular flexibility index (Phi) is 4.07. The fourth-order valence-electron chi connectivity index (χ4n) is 2.68. The number of hydrogen-bond acceptors (Lipinski definition) is 4. The molecular formula is C20H16N4O2. The number of anilines is 1. The molecule has 2 N–H and O–H groups in total. The smallest absolute Gasteiger partial charge is 0.272 e. The number of aromatic nitrogens is 3. The highest BCUT2D eigenvalue weighted by atomic mass is 16.5. The summed E-state index contributed by atoms with van der Waals surface area (Å²) in [4.78, 5) is 24.2. The Hall–Kier alpha value is -3.67. The molecule has 0 radical (unpaired) electrons. The van der Waals surface area contributed by atoms with E-state index in [0.29, 0.717) is 17.2 Å². The van der Waals surface area contributed by atoms with E-state index in [9.17, 15) is 4.79 Å². The van der Waals surface area contributed by atoms with Gasteiger partial charge in [-0.15, -0.1) is 0 Å². The Balaban J connectivity index is 1.52. The van der Waals surface area contributed by atoms with Crippen molar-refractivity contribution in [1.29, 1.82) is 0 Å². The highest BCUT2D eigenvalue weighted by Crippen LogP contribution is 2.22. The zero-order valence-corrected chi connectivity index (χ0v) is 14.1. The summed E-state index contributed by atoms with van der Waals surface area (Å²) in [5.41, 5.74) is 2.76. The average Bonchev–Trinajstić information content (AvgIpc) is 3.12. The molecule has 0 atom stereocenters. The zero-order chi connectivity index (χ0) is 17.9. The molecule has 4 rings (SSSR count). The molecule has 128 valence electrons. The molecule has 0 bridgehead atoms. The summed E-state index contributed by atoms with van der Waals surface area (Å²) in [5, 5.41) is 3.74. The number of rotatable bonds is 4. The number of benzene rings is 2. The summed E-state index contributed by atoms with van der Waals surface area (Å²) in [6.07, 6.45) is 3.19. The number of amides is 1. The van der Waals surface area contributed by atoms with Crippen molar-refractivity contribution < 1.29 is 9.53 Å². The van der Waals surface area contributed by atoms with Crippen molar-refractivity contribution in [3.05, 3.63) is 72.7 Å². The lowest BCUT2D eigenvalue weighted by Crippen LogP contribution is -2.12. The van der Waals surface area contributed by atoms with Crippen molar-refractivity contribution in [1.82, 2.24) is 15.0 Å². The van der Waals surface area contributed by atoms with Gasteiger partial charge in [-0.05, 0) is 18.2 Å². The number of hydrogen-bond donors (Lipinski definition) is 2. The van der Waals surface area contributed by atoms with E-state index in [1.165, 1.54) is 0 Å². The minimum Gasteiger partial charge on any atom is -0.497 e. The van der Waals surface area contributed by atoms with Gasteiger partial charge in [-0.1, -0.05) is 30.3 Å². The van der Waals surface area contributed by atoms with Gasteiger partial charge in [-0.2, -0.15) is 0 Å². The number of carbonyl (C=O) groups is 1. The Morgan fingerprint density at radius 3 is 2.54 bits per heavy atom. The molecule has 1 amide bonds. The van der Waals surface area contributed by atoms with Crippen molar-refractivity contribution in [2.45, 2.75) is 0 Å². The summed E-state index contributed by atoms with van der Waals surface area (Å²) < 4.78 is 5.20. The molecule has 6 nitrogen and oxygen atoms in total. The van der Waals surface area contributed by atoms with Gasteiger partial charge in [0.2, 0.25) is 0 Å². The van der Waals surface area contributed by atoms with Crippen LogP contribution in [0, 0.1) is 0 Å². The zero-order valence-electron chi connectivity index (χ0n) is 14.1. The minimum atomic E-state index is -0.253. The van der Waals surface area contributed by atoms with Crippen LogP contribution in [0.15, 0.2) is 67.0 Å². The van der Waals surface area contributed by atoms with Crippen molar-refractivity contribution in [3.63, 3.8) is 0 Å². The van der Waals surface area contributed by atoms with Crippen LogP contribution in [0.25, 0.3) is 22.3 Å². The van der Waals surface area contributed by atoms with Crippen LogP contribution in [0.1, 0.15) is 10.5 Å². The van der Waals surface area contributed by atoms with Crippen molar-refractivity contribution >= 4 is 22.5 Å².